The van der Waals surface area contributed by atoms with Crippen LogP contribution in [0.15, 0.2) is 102 Å². The first-order chi connectivity index (χ1) is 20.3. The maximum Gasteiger partial charge on any atom is 0.263 e. The average Bonchev–Trinajstić information content (AvgIpc) is 3.33. The van der Waals surface area contributed by atoms with Crippen molar-refractivity contribution in [3.63, 3.8) is 0 Å². The maximum atomic E-state index is 14.4. The Morgan fingerprint density at radius 1 is 0.929 bits per heavy atom. The summed E-state index contributed by atoms with van der Waals surface area (Å²) in [5.41, 5.74) is 4.82. The molecule has 2 amide bonds. The summed E-state index contributed by atoms with van der Waals surface area (Å²) in [6.45, 7) is 5.09. The van der Waals surface area contributed by atoms with Gasteiger partial charge in [0.05, 0.1) is 17.1 Å². The predicted molar refractivity (Wildman–Crippen MR) is 163 cm³/mol. The van der Waals surface area contributed by atoms with E-state index >= 15 is 0 Å². The molecule has 9 nitrogen and oxygen atoms in total. The Balaban J connectivity index is 1.47. The molecule has 9 heteroatoms. The Morgan fingerprint density at radius 2 is 1.69 bits per heavy atom. The number of nitrogens with one attached hydrogen (secondary N) is 2. The second-order valence-corrected chi connectivity index (χ2v) is 10.1. The molecule has 3 aromatic carbocycles. The van der Waals surface area contributed by atoms with Crippen molar-refractivity contribution in [1.82, 2.24) is 24.5 Å². The number of rotatable bonds is 6. The Bertz CT molecular complexity index is 2030. The predicted octanol–water partition coefficient (Wildman–Crippen LogP) is 5.46. The standard InChI is InChI=1S/C33H28N6O3/c1-20(35-32(41)29-21(2)37-38-18-8-17-34-31(29)38)28-19-24-9-7-12-27(23-13-15-25(16-14-23)36-22(3)40)30(24)33(42)39(28)26-10-5-4-6-11-26/h4-20H,1-3H3,(H,35,41)(H,36,40)/t20-/m0/s1. The minimum absolute atomic E-state index is 0.152. The number of pyridine rings is 1. The summed E-state index contributed by atoms with van der Waals surface area (Å²) in [6.07, 6.45) is 3.37. The summed E-state index contributed by atoms with van der Waals surface area (Å²) in [5.74, 6) is -0.478. The molecular formula is C33H28N6O3. The molecule has 42 heavy (non-hydrogen) atoms. The van der Waals surface area contributed by atoms with E-state index in [0.29, 0.717) is 39.4 Å². The number of hydrogen-bond acceptors (Lipinski definition) is 5. The zero-order chi connectivity index (χ0) is 29.4. The number of fused-ring (bicyclic) bond motifs is 2. The zero-order valence-electron chi connectivity index (χ0n) is 23.3. The number of nitrogens with zero attached hydrogens (tertiary/aromatic N) is 4. The van der Waals surface area contributed by atoms with E-state index in [0.717, 1.165) is 16.5 Å². The first-order valence-corrected chi connectivity index (χ1v) is 13.5. The highest BCUT2D eigenvalue weighted by atomic mass is 16.2. The molecule has 2 N–H and O–H groups in total. The number of benzene rings is 3. The van der Waals surface area contributed by atoms with E-state index in [1.54, 1.807) is 34.5 Å². The van der Waals surface area contributed by atoms with Crippen molar-refractivity contribution >= 4 is 33.9 Å². The number of aromatic nitrogens is 4. The van der Waals surface area contributed by atoms with E-state index in [1.807, 2.05) is 85.8 Å². The van der Waals surface area contributed by atoms with Crippen LogP contribution >= 0.6 is 0 Å². The molecule has 0 unspecified atom stereocenters. The molecule has 0 saturated heterocycles. The molecule has 0 radical (unpaired) electrons. The van der Waals surface area contributed by atoms with E-state index < -0.39 is 6.04 Å². The van der Waals surface area contributed by atoms with Gasteiger partial charge in [-0.15, -0.1) is 0 Å². The summed E-state index contributed by atoms with van der Waals surface area (Å²) in [5, 5.41) is 11.6. The second-order valence-electron chi connectivity index (χ2n) is 10.1. The molecule has 0 bridgehead atoms. The van der Waals surface area contributed by atoms with Crippen LogP contribution in [0.25, 0.3) is 33.2 Å². The third-order valence-electron chi connectivity index (χ3n) is 7.19. The van der Waals surface area contributed by atoms with Crippen molar-refractivity contribution in [2.45, 2.75) is 26.8 Å². The van der Waals surface area contributed by atoms with Gasteiger partial charge >= 0.3 is 0 Å². The lowest BCUT2D eigenvalue weighted by Crippen LogP contribution is -2.32. The fraction of sp³-hybridized carbons (Fsp3) is 0.121. The highest BCUT2D eigenvalue weighted by Gasteiger charge is 2.23. The van der Waals surface area contributed by atoms with E-state index in [-0.39, 0.29) is 17.4 Å². The number of anilines is 1. The normalized spacial score (nSPS) is 11.9. The smallest absolute Gasteiger partial charge is 0.263 e. The van der Waals surface area contributed by atoms with Crippen LogP contribution in [-0.4, -0.2) is 31.0 Å². The number of carbonyl (C=O) groups is 2. The minimum atomic E-state index is -0.534. The van der Waals surface area contributed by atoms with Crippen molar-refractivity contribution in [2.24, 2.45) is 0 Å². The van der Waals surface area contributed by atoms with Gasteiger partial charge in [0.2, 0.25) is 5.91 Å². The highest BCUT2D eigenvalue weighted by Crippen LogP contribution is 2.30. The third-order valence-corrected chi connectivity index (χ3v) is 7.19. The van der Waals surface area contributed by atoms with Crippen molar-refractivity contribution in [2.75, 3.05) is 5.32 Å². The van der Waals surface area contributed by atoms with Gasteiger partial charge in [-0.25, -0.2) is 9.50 Å². The van der Waals surface area contributed by atoms with E-state index in [9.17, 15) is 14.4 Å². The Morgan fingerprint density at radius 3 is 2.43 bits per heavy atom. The summed E-state index contributed by atoms with van der Waals surface area (Å²) in [6, 6.07) is 25.7. The van der Waals surface area contributed by atoms with Crippen LogP contribution < -0.4 is 16.2 Å². The lowest BCUT2D eigenvalue weighted by molar-refractivity contribution is -0.114. The zero-order valence-corrected chi connectivity index (χ0v) is 23.3. The number of amides is 2. The number of hydrogen-bond donors (Lipinski definition) is 2. The molecule has 3 aromatic heterocycles. The molecule has 208 valence electrons. The summed E-state index contributed by atoms with van der Waals surface area (Å²) >= 11 is 0. The molecular weight excluding hydrogens is 528 g/mol. The fourth-order valence-electron chi connectivity index (χ4n) is 5.33. The van der Waals surface area contributed by atoms with Crippen molar-refractivity contribution in [3.8, 4) is 16.8 Å². The van der Waals surface area contributed by atoms with Gasteiger partial charge in [0.25, 0.3) is 11.5 Å². The van der Waals surface area contributed by atoms with Gasteiger partial charge in [0.1, 0.15) is 5.56 Å². The first kappa shape index (κ1) is 26.6. The topological polar surface area (TPSA) is 110 Å². The lowest BCUT2D eigenvalue weighted by atomic mass is 9.97. The van der Waals surface area contributed by atoms with E-state index in [2.05, 4.69) is 20.7 Å². The van der Waals surface area contributed by atoms with Crippen LogP contribution in [0.4, 0.5) is 5.69 Å². The van der Waals surface area contributed by atoms with Crippen LogP contribution in [-0.2, 0) is 4.79 Å². The van der Waals surface area contributed by atoms with Gasteiger partial charge < -0.3 is 10.6 Å². The van der Waals surface area contributed by atoms with Gasteiger partial charge in [-0.1, -0.05) is 48.5 Å². The summed E-state index contributed by atoms with van der Waals surface area (Å²) in [7, 11) is 0. The molecule has 6 aromatic rings. The summed E-state index contributed by atoms with van der Waals surface area (Å²) < 4.78 is 3.23. The van der Waals surface area contributed by atoms with Gasteiger partial charge in [0, 0.05) is 36.4 Å². The van der Waals surface area contributed by atoms with E-state index in [1.165, 1.54) is 6.92 Å². The second kappa shape index (κ2) is 10.8. The molecule has 0 spiro atoms. The lowest BCUT2D eigenvalue weighted by Gasteiger charge is -2.22. The van der Waals surface area contributed by atoms with Gasteiger partial charge in [-0.05, 0) is 66.8 Å². The minimum Gasteiger partial charge on any atom is -0.344 e. The van der Waals surface area contributed by atoms with Gasteiger partial charge in [-0.3, -0.25) is 19.0 Å². The Kier molecular flexibility index (Phi) is 6.84. The Labute approximate surface area is 241 Å². The fourth-order valence-corrected chi connectivity index (χ4v) is 5.33. The van der Waals surface area contributed by atoms with Crippen molar-refractivity contribution in [1.29, 1.82) is 0 Å². The molecule has 6 rings (SSSR count). The average molecular weight is 557 g/mol. The van der Waals surface area contributed by atoms with Crippen molar-refractivity contribution in [3.05, 3.63) is 125 Å². The molecule has 0 aliphatic carbocycles. The highest BCUT2D eigenvalue weighted by molar-refractivity contribution is 6.01. The Hall–Kier alpha value is -5.57. The van der Waals surface area contributed by atoms with Crippen LogP contribution in [0.2, 0.25) is 0 Å². The van der Waals surface area contributed by atoms with Crippen LogP contribution in [0, 0.1) is 6.92 Å². The molecule has 3 heterocycles. The molecule has 0 aliphatic rings. The first-order valence-electron chi connectivity index (χ1n) is 13.5. The van der Waals surface area contributed by atoms with Gasteiger partial charge in [-0.2, -0.15) is 5.10 Å². The van der Waals surface area contributed by atoms with Crippen LogP contribution in [0.5, 0.6) is 0 Å². The molecule has 0 aliphatic heterocycles. The molecule has 0 saturated carbocycles. The monoisotopic (exact) mass is 556 g/mol. The largest absolute Gasteiger partial charge is 0.344 e. The number of carbonyl (C=O) groups excluding carboxylic acids is 2. The summed E-state index contributed by atoms with van der Waals surface area (Å²) in [4.78, 5) is 43.7. The van der Waals surface area contributed by atoms with Crippen LogP contribution in [0.3, 0.4) is 0 Å². The molecule has 1 atom stereocenters. The van der Waals surface area contributed by atoms with Crippen LogP contribution in [0.1, 0.15) is 41.6 Å². The SMILES string of the molecule is CC(=O)Nc1ccc(-c2cccc3cc([C@H](C)NC(=O)c4c(C)nn5cccnc45)n(-c4ccccc4)c(=O)c23)cc1. The number of aryl methyl sites for hydroxylation is 1. The number of para-hydroxylation sites is 1. The maximum absolute atomic E-state index is 14.4. The van der Waals surface area contributed by atoms with Crippen molar-refractivity contribution < 1.29 is 9.59 Å². The third kappa shape index (κ3) is 4.81. The molecule has 0 fully saturated rings. The van der Waals surface area contributed by atoms with Gasteiger partial charge in [0.15, 0.2) is 5.65 Å². The van der Waals surface area contributed by atoms with E-state index in [4.69, 9.17) is 0 Å². The quantitative estimate of drug-likeness (QED) is 0.283.